The third-order valence-electron chi connectivity index (χ3n) is 5.93. The zero-order valence-electron chi connectivity index (χ0n) is 16.3. The van der Waals surface area contributed by atoms with Crippen molar-refractivity contribution < 1.29 is 22.7 Å². The fourth-order valence-electron chi connectivity index (χ4n) is 4.28. The smallest absolute Gasteiger partial charge is 0.244 e. The van der Waals surface area contributed by atoms with E-state index in [4.69, 9.17) is 9.47 Å². The molecule has 1 fully saturated rings. The van der Waals surface area contributed by atoms with Crippen LogP contribution in [-0.2, 0) is 21.2 Å². The van der Waals surface area contributed by atoms with E-state index in [2.05, 4.69) is 10.0 Å². The van der Waals surface area contributed by atoms with Gasteiger partial charge in [-0.2, -0.15) is 4.72 Å². The second kappa shape index (κ2) is 7.48. The van der Waals surface area contributed by atoms with Crippen molar-refractivity contribution in [3.05, 3.63) is 48.0 Å². The fraction of sp³-hybridized carbons (Fsp3) is 0.381. The topological polar surface area (TPSA) is 97.0 Å². The minimum Gasteiger partial charge on any atom is -0.454 e. The molecule has 158 valence electrons. The predicted octanol–water partition coefficient (Wildman–Crippen LogP) is 1.93. The number of sulfonamides is 1. The summed E-state index contributed by atoms with van der Waals surface area (Å²) in [6.07, 6.45) is 1.41. The highest BCUT2D eigenvalue weighted by Gasteiger charge is 2.35. The Morgan fingerprint density at radius 1 is 1.07 bits per heavy atom. The molecule has 1 amide bonds. The number of likely N-dealkylation sites (tertiary alicyclic amines) is 1. The van der Waals surface area contributed by atoms with Crippen LogP contribution in [0.15, 0.2) is 47.4 Å². The van der Waals surface area contributed by atoms with E-state index < -0.39 is 10.0 Å². The van der Waals surface area contributed by atoms with Crippen LogP contribution in [0.25, 0.3) is 0 Å². The maximum atomic E-state index is 12.7. The standard InChI is InChI=1S/C21H23N3O5S/c25-20(12-14-5-6-17-18(11-14)29-13-28-17)24-9-7-15(8-10-24)21-22-16-3-1-2-4-19(16)30(26,27)23-21/h1-6,11,15,21-23H,7-10,12-13H2. The molecule has 0 spiro atoms. The number of benzene rings is 2. The van der Waals surface area contributed by atoms with Crippen molar-refractivity contribution in [1.29, 1.82) is 0 Å². The molecule has 2 aromatic carbocycles. The highest BCUT2D eigenvalue weighted by molar-refractivity contribution is 7.89. The number of rotatable bonds is 3. The molecule has 8 nitrogen and oxygen atoms in total. The molecule has 30 heavy (non-hydrogen) atoms. The van der Waals surface area contributed by atoms with Crippen molar-refractivity contribution in [2.75, 3.05) is 25.2 Å². The van der Waals surface area contributed by atoms with Gasteiger partial charge >= 0.3 is 0 Å². The lowest BCUT2D eigenvalue weighted by Crippen LogP contribution is -2.52. The highest BCUT2D eigenvalue weighted by atomic mass is 32.2. The van der Waals surface area contributed by atoms with E-state index in [1.54, 1.807) is 18.2 Å². The summed E-state index contributed by atoms with van der Waals surface area (Å²) in [5.74, 6) is 1.56. The summed E-state index contributed by atoms with van der Waals surface area (Å²) in [5.41, 5.74) is 1.52. The van der Waals surface area contributed by atoms with Crippen LogP contribution in [-0.4, -0.2) is 45.3 Å². The summed E-state index contributed by atoms with van der Waals surface area (Å²) in [5, 5.41) is 3.31. The molecule has 1 atom stereocenters. The van der Waals surface area contributed by atoms with E-state index in [9.17, 15) is 13.2 Å². The van der Waals surface area contributed by atoms with Crippen LogP contribution >= 0.6 is 0 Å². The van der Waals surface area contributed by atoms with Gasteiger partial charge in [-0.3, -0.25) is 4.79 Å². The van der Waals surface area contributed by atoms with Gasteiger partial charge in [0.25, 0.3) is 0 Å². The van der Waals surface area contributed by atoms with Crippen LogP contribution < -0.4 is 19.5 Å². The Hall–Kier alpha value is -2.78. The molecule has 1 saturated heterocycles. The third-order valence-corrected chi connectivity index (χ3v) is 7.43. The Labute approximate surface area is 175 Å². The van der Waals surface area contributed by atoms with E-state index in [0.29, 0.717) is 36.7 Å². The predicted molar refractivity (Wildman–Crippen MR) is 110 cm³/mol. The average Bonchev–Trinajstić information content (AvgIpc) is 3.21. The van der Waals surface area contributed by atoms with Gasteiger partial charge in [-0.25, -0.2) is 8.42 Å². The van der Waals surface area contributed by atoms with Gasteiger partial charge in [0.05, 0.1) is 18.3 Å². The van der Waals surface area contributed by atoms with Gasteiger partial charge in [0.1, 0.15) is 4.90 Å². The molecule has 2 N–H and O–H groups in total. The van der Waals surface area contributed by atoms with Gasteiger partial charge in [0, 0.05) is 13.1 Å². The van der Waals surface area contributed by atoms with Crippen LogP contribution in [0.2, 0.25) is 0 Å². The highest BCUT2D eigenvalue weighted by Crippen LogP contribution is 2.33. The lowest BCUT2D eigenvalue weighted by Gasteiger charge is -2.39. The number of ether oxygens (including phenoxy) is 2. The number of carbonyl (C=O) groups is 1. The molecule has 5 rings (SSSR count). The largest absolute Gasteiger partial charge is 0.454 e. The number of hydrogen-bond acceptors (Lipinski definition) is 6. The Kier molecular flexibility index (Phi) is 4.79. The van der Waals surface area contributed by atoms with E-state index in [1.165, 1.54) is 0 Å². The zero-order valence-corrected chi connectivity index (χ0v) is 17.2. The number of amides is 1. The first-order valence-corrected chi connectivity index (χ1v) is 11.5. The van der Waals surface area contributed by atoms with E-state index in [-0.39, 0.29) is 29.7 Å². The van der Waals surface area contributed by atoms with Gasteiger partial charge in [0.15, 0.2) is 11.5 Å². The minimum atomic E-state index is -3.53. The van der Waals surface area contributed by atoms with Crippen molar-refractivity contribution in [1.82, 2.24) is 9.62 Å². The summed E-state index contributed by atoms with van der Waals surface area (Å²) in [6.45, 7) is 1.43. The summed E-state index contributed by atoms with van der Waals surface area (Å²) < 4.78 is 38.5. The van der Waals surface area contributed by atoms with Crippen LogP contribution in [0.1, 0.15) is 18.4 Å². The lowest BCUT2D eigenvalue weighted by molar-refractivity contribution is -0.131. The zero-order chi connectivity index (χ0) is 20.7. The van der Waals surface area contributed by atoms with Crippen molar-refractivity contribution in [2.24, 2.45) is 5.92 Å². The quantitative estimate of drug-likeness (QED) is 0.774. The number of hydrogen-bond donors (Lipinski definition) is 2. The molecule has 3 aliphatic heterocycles. The van der Waals surface area contributed by atoms with Gasteiger partial charge in [-0.05, 0) is 48.6 Å². The third kappa shape index (κ3) is 3.59. The van der Waals surface area contributed by atoms with Crippen LogP contribution in [0.5, 0.6) is 11.5 Å². The first kappa shape index (κ1) is 19.2. The molecule has 0 bridgehead atoms. The summed E-state index contributed by atoms with van der Waals surface area (Å²) in [7, 11) is -3.53. The monoisotopic (exact) mass is 429 g/mol. The van der Waals surface area contributed by atoms with Crippen LogP contribution in [0.3, 0.4) is 0 Å². The lowest BCUT2D eigenvalue weighted by atomic mass is 9.93. The Bertz CT molecular complexity index is 1080. The summed E-state index contributed by atoms with van der Waals surface area (Å²) in [4.78, 5) is 14.9. The fourth-order valence-corrected chi connectivity index (χ4v) is 5.67. The number of carbonyl (C=O) groups excluding carboxylic acids is 1. The maximum absolute atomic E-state index is 12.7. The van der Waals surface area contributed by atoms with Crippen molar-refractivity contribution >= 4 is 21.6 Å². The maximum Gasteiger partial charge on any atom is 0.244 e. The molecule has 1 unspecified atom stereocenters. The number of fused-ring (bicyclic) bond motifs is 2. The molecule has 0 aromatic heterocycles. The van der Waals surface area contributed by atoms with Crippen LogP contribution in [0, 0.1) is 5.92 Å². The van der Waals surface area contributed by atoms with Gasteiger partial charge in [0.2, 0.25) is 22.7 Å². The first-order chi connectivity index (χ1) is 14.5. The SMILES string of the molecule is O=C(Cc1ccc2c(c1)OCO2)N1CCC(C2Nc3ccccc3S(=O)(=O)N2)CC1. The molecule has 9 heteroatoms. The second-order valence-corrected chi connectivity index (χ2v) is 9.50. The summed E-state index contributed by atoms with van der Waals surface area (Å²) in [6, 6.07) is 12.5. The molecule has 0 saturated carbocycles. The number of anilines is 1. The second-order valence-electron chi connectivity index (χ2n) is 7.82. The Balaban J connectivity index is 1.20. The number of nitrogens with one attached hydrogen (secondary N) is 2. The number of nitrogens with zero attached hydrogens (tertiary/aromatic N) is 1. The summed E-state index contributed by atoms with van der Waals surface area (Å²) >= 11 is 0. The molecule has 2 aromatic rings. The van der Waals surface area contributed by atoms with E-state index in [1.807, 2.05) is 29.2 Å². The molecule has 0 aliphatic carbocycles. The van der Waals surface area contributed by atoms with Gasteiger partial charge < -0.3 is 19.7 Å². The average molecular weight is 429 g/mol. The van der Waals surface area contributed by atoms with Crippen molar-refractivity contribution in [2.45, 2.75) is 30.3 Å². The Morgan fingerprint density at radius 2 is 1.83 bits per heavy atom. The minimum absolute atomic E-state index is 0.0647. The number of piperidine rings is 1. The van der Waals surface area contributed by atoms with Crippen molar-refractivity contribution in [3.8, 4) is 11.5 Å². The van der Waals surface area contributed by atoms with E-state index in [0.717, 1.165) is 18.4 Å². The molecular weight excluding hydrogens is 406 g/mol. The Morgan fingerprint density at radius 3 is 2.67 bits per heavy atom. The number of para-hydroxylation sites is 1. The van der Waals surface area contributed by atoms with Gasteiger partial charge in [-0.15, -0.1) is 0 Å². The molecule has 0 radical (unpaired) electrons. The van der Waals surface area contributed by atoms with E-state index >= 15 is 0 Å². The first-order valence-electron chi connectivity index (χ1n) is 10.0. The molecule has 3 heterocycles. The van der Waals surface area contributed by atoms with Crippen LogP contribution in [0.4, 0.5) is 5.69 Å². The van der Waals surface area contributed by atoms with Gasteiger partial charge in [-0.1, -0.05) is 18.2 Å². The normalized spacial score (nSPS) is 22.3. The van der Waals surface area contributed by atoms with Crippen molar-refractivity contribution in [3.63, 3.8) is 0 Å². The molecule has 3 aliphatic rings. The molecular formula is C21H23N3O5S.